The summed E-state index contributed by atoms with van der Waals surface area (Å²) in [7, 11) is 0. The molecule has 1 aromatic rings. The van der Waals surface area contributed by atoms with E-state index < -0.39 is 0 Å². The van der Waals surface area contributed by atoms with Crippen LogP contribution in [0.4, 0.5) is 5.69 Å². The highest BCUT2D eigenvalue weighted by Gasteiger charge is 2.15. The normalized spacial score (nSPS) is 13.4. The summed E-state index contributed by atoms with van der Waals surface area (Å²) in [6.45, 7) is 8.69. The Hall–Kier alpha value is -1.06. The third kappa shape index (κ3) is 4.00. The number of aliphatic hydroxyl groups excluding tert-OH is 2. The Morgan fingerprint density at radius 1 is 1.22 bits per heavy atom. The van der Waals surface area contributed by atoms with Crippen LogP contribution in [-0.4, -0.2) is 29.5 Å². The molecule has 3 heteroatoms. The van der Waals surface area contributed by atoms with Gasteiger partial charge in [0.15, 0.2) is 0 Å². The summed E-state index contributed by atoms with van der Waals surface area (Å²) in [5, 5.41) is 21.5. The third-order valence-electron chi connectivity index (χ3n) is 3.16. The lowest BCUT2D eigenvalue weighted by Gasteiger charge is -2.23. The maximum atomic E-state index is 9.26. The second kappa shape index (κ2) is 6.21. The van der Waals surface area contributed by atoms with E-state index in [0.717, 1.165) is 11.3 Å². The van der Waals surface area contributed by atoms with E-state index in [-0.39, 0.29) is 24.7 Å². The molecule has 0 fully saturated rings. The Morgan fingerprint density at radius 3 is 2.39 bits per heavy atom. The zero-order valence-corrected chi connectivity index (χ0v) is 11.8. The Morgan fingerprint density at radius 2 is 1.89 bits per heavy atom. The van der Waals surface area contributed by atoms with E-state index in [1.165, 1.54) is 5.56 Å². The van der Waals surface area contributed by atoms with Gasteiger partial charge in [0, 0.05) is 12.3 Å². The first kappa shape index (κ1) is 15.0. The van der Waals surface area contributed by atoms with Gasteiger partial charge in [-0.3, -0.25) is 0 Å². The van der Waals surface area contributed by atoms with Crippen LogP contribution >= 0.6 is 0 Å². The number of benzene rings is 1. The lowest BCUT2D eigenvalue weighted by molar-refractivity contribution is 0.229. The van der Waals surface area contributed by atoms with Gasteiger partial charge in [-0.15, -0.1) is 0 Å². The van der Waals surface area contributed by atoms with Gasteiger partial charge in [0.2, 0.25) is 0 Å². The molecule has 0 aliphatic heterocycles. The summed E-state index contributed by atoms with van der Waals surface area (Å²) in [6, 6.07) is 6.27. The molecule has 0 aliphatic rings. The SMILES string of the molecule is Cc1ccc(C(C)(C)C)cc1NC(CO)CCO. The van der Waals surface area contributed by atoms with Crippen molar-refractivity contribution in [2.45, 2.75) is 45.6 Å². The number of nitrogens with one attached hydrogen (secondary N) is 1. The van der Waals surface area contributed by atoms with Crippen LogP contribution in [-0.2, 0) is 5.41 Å². The molecule has 1 unspecified atom stereocenters. The van der Waals surface area contributed by atoms with E-state index in [1.807, 2.05) is 6.92 Å². The summed E-state index contributed by atoms with van der Waals surface area (Å²) in [5.41, 5.74) is 3.56. The highest BCUT2D eigenvalue weighted by molar-refractivity contribution is 5.54. The molecule has 3 nitrogen and oxygen atoms in total. The van der Waals surface area contributed by atoms with Crippen LogP contribution in [0.25, 0.3) is 0 Å². The highest BCUT2D eigenvalue weighted by atomic mass is 16.3. The maximum absolute atomic E-state index is 9.26. The van der Waals surface area contributed by atoms with E-state index in [4.69, 9.17) is 5.11 Å². The van der Waals surface area contributed by atoms with Gasteiger partial charge in [-0.1, -0.05) is 32.9 Å². The molecule has 0 saturated heterocycles. The van der Waals surface area contributed by atoms with Crippen LogP contribution in [0, 0.1) is 6.92 Å². The molecule has 0 spiro atoms. The van der Waals surface area contributed by atoms with Crippen molar-refractivity contribution < 1.29 is 10.2 Å². The number of hydrogen-bond donors (Lipinski definition) is 3. The topological polar surface area (TPSA) is 52.5 Å². The van der Waals surface area contributed by atoms with E-state index in [9.17, 15) is 5.11 Å². The van der Waals surface area contributed by atoms with Gasteiger partial charge in [0.1, 0.15) is 0 Å². The first-order chi connectivity index (χ1) is 8.38. The minimum Gasteiger partial charge on any atom is -0.396 e. The molecule has 0 radical (unpaired) electrons. The van der Waals surface area contributed by atoms with Crippen molar-refractivity contribution >= 4 is 5.69 Å². The molecule has 1 rings (SSSR count). The molecule has 0 bridgehead atoms. The summed E-state index contributed by atoms with van der Waals surface area (Å²) in [6.07, 6.45) is 0.551. The average Bonchev–Trinajstić information content (AvgIpc) is 2.29. The average molecular weight is 251 g/mol. The number of hydrogen-bond acceptors (Lipinski definition) is 3. The maximum Gasteiger partial charge on any atom is 0.0633 e. The van der Waals surface area contributed by atoms with Crippen LogP contribution in [0.5, 0.6) is 0 Å². The first-order valence-corrected chi connectivity index (χ1v) is 6.48. The van der Waals surface area contributed by atoms with E-state index in [1.54, 1.807) is 0 Å². The molecular formula is C15H25NO2. The zero-order chi connectivity index (χ0) is 13.8. The molecule has 0 saturated carbocycles. The van der Waals surface area contributed by atoms with Crippen molar-refractivity contribution in [2.24, 2.45) is 0 Å². The fourth-order valence-corrected chi connectivity index (χ4v) is 1.83. The molecule has 0 aromatic heterocycles. The number of aliphatic hydroxyl groups is 2. The summed E-state index contributed by atoms with van der Waals surface area (Å²) in [4.78, 5) is 0. The van der Waals surface area contributed by atoms with Gasteiger partial charge in [0.05, 0.1) is 12.6 Å². The second-order valence-electron chi connectivity index (χ2n) is 5.82. The number of aryl methyl sites for hydroxylation is 1. The van der Waals surface area contributed by atoms with E-state index in [0.29, 0.717) is 6.42 Å². The first-order valence-electron chi connectivity index (χ1n) is 6.48. The van der Waals surface area contributed by atoms with Crippen LogP contribution in [0.2, 0.25) is 0 Å². The number of anilines is 1. The van der Waals surface area contributed by atoms with Crippen LogP contribution < -0.4 is 5.32 Å². The lowest BCUT2D eigenvalue weighted by atomic mass is 9.86. The number of rotatable bonds is 5. The van der Waals surface area contributed by atoms with Gasteiger partial charge in [0.25, 0.3) is 0 Å². The monoisotopic (exact) mass is 251 g/mol. The lowest BCUT2D eigenvalue weighted by Crippen LogP contribution is -2.25. The molecule has 0 heterocycles. The molecule has 1 aromatic carbocycles. The van der Waals surface area contributed by atoms with Gasteiger partial charge in [-0.2, -0.15) is 0 Å². The smallest absolute Gasteiger partial charge is 0.0633 e. The van der Waals surface area contributed by atoms with Crippen LogP contribution in [0.3, 0.4) is 0 Å². The second-order valence-corrected chi connectivity index (χ2v) is 5.82. The minimum atomic E-state index is -0.0936. The summed E-state index contributed by atoms with van der Waals surface area (Å²) < 4.78 is 0. The van der Waals surface area contributed by atoms with E-state index >= 15 is 0 Å². The van der Waals surface area contributed by atoms with Crippen LogP contribution in [0.1, 0.15) is 38.3 Å². The molecule has 0 aliphatic carbocycles. The molecule has 1 atom stereocenters. The minimum absolute atomic E-state index is 0.0275. The quantitative estimate of drug-likeness (QED) is 0.753. The standard InChI is InChI=1S/C15H25NO2/c1-11-5-6-12(15(2,3)4)9-14(11)16-13(10-18)7-8-17/h5-6,9,13,16-18H,7-8,10H2,1-4H3. The third-order valence-corrected chi connectivity index (χ3v) is 3.16. The van der Waals surface area contributed by atoms with Gasteiger partial charge >= 0.3 is 0 Å². The molecule has 102 valence electrons. The highest BCUT2D eigenvalue weighted by Crippen LogP contribution is 2.27. The van der Waals surface area contributed by atoms with Crippen molar-refractivity contribution in [2.75, 3.05) is 18.5 Å². The Kier molecular flexibility index (Phi) is 5.17. The van der Waals surface area contributed by atoms with Gasteiger partial charge in [-0.25, -0.2) is 0 Å². The Balaban J connectivity index is 2.93. The van der Waals surface area contributed by atoms with E-state index in [2.05, 4.69) is 44.3 Å². The van der Waals surface area contributed by atoms with Gasteiger partial charge in [-0.05, 0) is 36.0 Å². The summed E-state index contributed by atoms with van der Waals surface area (Å²) >= 11 is 0. The van der Waals surface area contributed by atoms with Crippen molar-refractivity contribution in [3.63, 3.8) is 0 Å². The molecular weight excluding hydrogens is 226 g/mol. The molecule has 18 heavy (non-hydrogen) atoms. The Bertz CT molecular complexity index is 383. The molecule has 0 amide bonds. The zero-order valence-electron chi connectivity index (χ0n) is 11.8. The van der Waals surface area contributed by atoms with Gasteiger partial charge < -0.3 is 15.5 Å². The predicted molar refractivity (Wildman–Crippen MR) is 76.1 cm³/mol. The van der Waals surface area contributed by atoms with Crippen LogP contribution in [0.15, 0.2) is 18.2 Å². The largest absolute Gasteiger partial charge is 0.396 e. The molecule has 3 N–H and O–H groups in total. The fourth-order valence-electron chi connectivity index (χ4n) is 1.83. The van der Waals surface area contributed by atoms with Crippen molar-refractivity contribution in [1.82, 2.24) is 0 Å². The van der Waals surface area contributed by atoms with Crippen molar-refractivity contribution in [1.29, 1.82) is 0 Å². The van der Waals surface area contributed by atoms with Crippen molar-refractivity contribution in [3.8, 4) is 0 Å². The summed E-state index contributed by atoms with van der Waals surface area (Å²) in [5.74, 6) is 0. The van der Waals surface area contributed by atoms with Crippen molar-refractivity contribution in [3.05, 3.63) is 29.3 Å². The Labute approximate surface area is 110 Å². The predicted octanol–water partition coefficient (Wildman–Crippen LogP) is 2.45. The fraction of sp³-hybridized carbons (Fsp3) is 0.600.